The smallest absolute Gasteiger partial charge is 0.225 e. The highest BCUT2D eigenvalue weighted by Crippen LogP contribution is 2.35. The highest BCUT2D eigenvalue weighted by atomic mass is 16.1. The van der Waals surface area contributed by atoms with Crippen LogP contribution >= 0.6 is 0 Å². The predicted octanol–water partition coefficient (Wildman–Crippen LogP) is 4.36. The average Bonchev–Trinajstić information content (AvgIpc) is 3.13. The summed E-state index contributed by atoms with van der Waals surface area (Å²) in [6.45, 7) is 13.4. The SMILES string of the molecule is CCN1CC2CCC(C1)N2c1ncc(C2CCN(CC3CCC(C(=O)C(C)C)CC3)CC2)cn1. The molecule has 1 aliphatic carbocycles. The van der Waals surface area contributed by atoms with Crippen LogP contribution in [-0.2, 0) is 4.79 Å². The summed E-state index contributed by atoms with van der Waals surface area (Å²) >= 11 is 0. The number of fused-ring (bicyclic) bond motifs is 2. The Labute approximate surface area is 206 Å². The van der Waals surface area contributed by atoms with E-state index in [2.05, 4.69) is 47.9 Å². The molecule has 1 saturated carbocycles. The number of aromatic nitrogens is 2. The summed E-state index contributed by atoms with van der Waals surface area (Å²) in [4.78, 5) is 29.8. The third-order valence-corrected chi connectivity index (χ3v) is 9.29. The van der Waals surface area contributed by atoms with Gasteiger partial charge in [0.2, 0.25) is 5.95 Å². The van der Waals surface area contributed by atoms with Gasteiger partial charge in [-0.1, -0.05) is 20.8 Å². The Morgan fingerprint density at radius 2 is 1.53 bits per heavy atom. The number of piperazine rings is 1. The molecule has 1 aromatic rings. The van der Waals surface area contributed by atoms with Crippen molar-refractivity contribution in [1.29, 1.82) is 0 Å². The van der Waals surface area contributed by atoms with Crippen molar-refractivity contribution < 1.29 is 4.79 Å². The minimum Gasteiger partial charge on any atom is -0.332 e. The van der Waals surface area contributed by atoms with E-state index < -0.39 is 0 Å². The molecule has 0 N–H and O–H groups in total. The van der Waals surface area contributed by atoms with E-state index in [0.29, 0.717) is 29.7 Å². The van der Waals surface area contributed by atoms with Crippen LogP contribution in [0.15, 0.2) is 12.4 Å². The van der Waals surface area contributed by atoms with Gasteiger partial charge in [0.15, 0.2) is 0 Å². The second-order valence-electron chi connectivity index (χ2n) is 11.8. The molecule has 188 valence electrons. The van der Waals surface area contributed by atoms with Gasteiger partial charge in [-0.3, -0.25) is 9.69 Å². The van der Waals surface area contributed by atoms with E-state index in [0.717, 1.165) is 44.3 Å². The number of likely N-dealkylation sites (tertiary alicyclic amines) is 2. The number of carbonyl (C=O) groups is 1. The van der Waals surface area contributed by atoms with Crippen molar-refractivity contribution in [3.63, 3.8) is 0 Å². The summed E-state index contributed by atoms with van der Waals surface area (Å²) in [5.41, 5.74) is 1.33. The van der Waals surface area contributed by atoms with E-state index in [9.17, 15) is 4.79 Å². The third kappa shape index (κ3) is 5.18. The molecule has 3 aliphatic heterocycles. The number of hydrogen-bond donors (Lipinski definition) is 0. The van der Waals surface area contributed by atoms with E-state index in [-0.39, 0.29) is 5.92 Å². The molecule has 0 radical (unpaired) electrons. The van der Waals surface area contributed by atoms with Crippen LogP contribution in [0.5, 0.6) is 0 Å². The van der Waals surface area contributed by atoms with Crippen LogP contribution in [0.3, 0.4) is 0 Å². The Morgan fingerprint density at radius 3 is 2.09 bits per heavy atom. The molecule has 6 heteroatoms. The molecule has 3 saturated heterocycles. The topological polar surface area (TPSA) is 52.6 Å². The predicted molar refractivity (Wildman–Crippen MR) is 137 cm³/mol. The van der Waals surface area contributed by atoms with Gasteiger partial charge in [0, 0.05) is 55.9 Å². The Bertz CT molecular complexity index is 797. The lowest BCUT2D eigenvalue weighted by Gasteiger charge is -2.40. The minimum absolute atomic E-state index is 0.194. The van der Waals surface area contributed by atoms with Gasteiger partial charge in [-0.05, 0) is 88.4 Å². The standard InChI is InChI=1S/C28H45N5O/c1-4-31-18-25-9-10-26(19-31)33(25)28-29-15-24(16-30-28)22-11-13-32(14-12-22)17-21-5-7-23(8-6-21)27(34)20(2)3/h15-16,20-23,25-26H,4-14,17-19H2,1-3H3. The van der Waals surface area contributed by atoms with Gasteiger partial charge in [-0.15, -0.1) is 0 Å². The van der Waals surface area contributed by atoms with Crippen LogP contribution in [-0.4, -0.2) is 76.9 Å². The zero-order valence-electron chi connectivity index (χ0n) is 21.7. The number of carbonyl (C=O) groups excluding carboxylic acids is 1. The van der Waals surface area contributed by atoms with Crippen molar-refractivity contribution >= 4 is 11.7 Å². The number of rotatable bonds is 7. The summed E-state index contributed by atoms with van der Waals surface area (Å²) in [5.74, 6) is 3.34. The van der Waals surface area contributed by atoms with Crippen molar-refractivity contribution in [3.8, 4) is 0 Å². The Hall–Kier alpha value is -1.53. The zero-order valence-corrected chi connectivity index (χ0v) is 21.7. The van der Waals surface area contributed by atoms with Gasteiger partial charge in [0.1, 0.15) is 5.78 Å². The molecule has 2 bridgehead atoms. The molecule has 0 amide bonds. The normalized spacial score (nSPS) is 31.4. The summed E-state index contributed by atoms with van der Waals surface area (Å²) in [6.07, 6.45) is 13.9. The van der Waals surface area contributed by atoms with Crippen LogP contribution in [0, 0.1) is 17.8 Å². The van der Waals surface area contributed by atoms with Crippen molar-refractivity contribution in [2.24, 2.45) is 17.8 Å². The largest absolute Gasteiger partial charge is 0.332 e. The van der Waals surface area contributed by atoms with Gasteiger partial charge in [0.25, 0.3) is 0 Å². The Morgan fingerprint density at radius 1 is 0.912 bits per heavy atom. The molecule has 2 unspecified atom stereocenters. The molecule has 0 spiro atoms. The Balaban J connectivity index is 1.08. The van der Waals surface area contributed by atoms with Crippen LogP contribution in [0.1, 0.15) is 83.6 Å². The molecule has 4 fully saturated rings. The molecule has 4 heterocycles. The average molecular weight is 468 g/mol. The van der Waals surface area contributed by atoms with Gasteiger partial charge >= 0.3 is 0 Å². The highest BCUT2D eigenvalue weighted by molar-refractivity contribution is 5.82. The number of ketones is 1. The monoisotopic (exact) mass is 467 g/mol. The molecular weight excluding hydrogens is 422 g/mol. The fourth-order valence-electron chi connectivity index (χ4n) is 7.17. The maximum absolute atomic E-state index is 12.3. The molecule has 1 aromatic heterocycles. The molecule has 4 aliphatic rings. The summed E-state index contributed by atoms with van der Waals surface area (Å²) in [7, 11) is 0. The van der Waals surface area contributed by atoms with Crippen molar-refractivity contribution in [2.45, 2.75) is 90.1 Å². The quantitative estimate of drug-likeness (QED) is 0.594. The van der Waals surface area contributed by atoms with Gasteiger partial charge < -0.3 is 9.80 Å². The summed E-state index contributed by atoms with van der Waals surface area (Å²) in [5, 5.41) is 0. The van der Waals surface area contributed by atoms with E-state index in [4.69, 9.17) is 9.97 Å². The highest BCUT2D eigenvalue weighted by Gasteiger charge is 2.40. The molecule has 34 heavy (non-hydrogen) atoms. The van der Waals surface area contributed by atoms with E-state index >= 15 is 0 Å². The van der Waals surface area contributed by atoms with Crippen molar-refractivity contribution in [1.82, 2.24) is 19.8 Å². The maximum Gasteiger partial charge on any atom is 0.225 e. The van der Waals surface area contributed by atoms with Gasteiger partial charge in [-0.25, -0.2) is 9.97 Å². The minimum atomic E-state index is 0.194. The second-order valence-corrected chi connectivity index (χ2v) is 11.8. The first-order valence-corrected chi connectivity index (χ1v) is 14.1. The molecule has 2 atom stereocenters. The zero-order chi connectivity index (χ0) is 23.7. The van der Waals surface area contributed by atoms with Crippen LogP contribution in [0.25, 0.3) is 0 Å². The fourth-order valence-corrected chi connectivity index (χ4v) is 7.17. The van der Waals surface area contributed by atoms with Crippen LogP contribution < -0.4 is 4.90 Å². The third-order valence-electron chi connectivity index (χ3n) is 9.29. The first kappa shape index (κ1) is 24.2. The lowest BCUT2D eigenvalue weighted by Crippen LogP contribution is -2.54. The first-order chi connectivity index (χ1) is 16.5. The lowest BCUT2D eigenvalue weighted by atomic mass is 9.77. The maximum atomic E-state index is 12.3. The number of anilines is 1. The first-order valence-electron chi connectivity index (χ1n) is 14.1. The molecule has 5 rings (SSSR count). The number of Topliss-reactive ketones (excluding diaryl/α,β-unsaturated/α-hetero) is 1. The number of likely N-dealkylation sites (N-methyl/N-ethyl adjacent to an activating group) is 1. The Kier molecular flexibility index (Phi) is 7.55. The lowest BCUT2D eigenvalue weighted by molar-refractivity contribution is -0.127. The van der Waals surface area contributed by atoms with Crippen LogP contribution in [0.2, 0.25) is 0 Å². The second kappa shape index (κ2) is 10.6. The van der Waals surface area contributed by atoms with Crippen LogP contribution in [0.4, 0.5) is 5.95 Å². The fraction of sp³-hybridized carbons (Fsp3) is 0.821. The summed E-state index contributed by atoms with van der Waals surface area (Å²) < 4.78 is 0. The molecule has 6 nitrogen and oxygen atoms in total. The number of nitrogens with zero attached hydrogens (tertiary/aromatic N) is 5. The summed E-state index contributed by atoms with van der Waals surface area (Å²) in [6, 6.07) is 1.18. The van der Waals surface area contributed by atoms with E-state index in [1.807, 2.05) is 0 Å². The van der Waals surface area contributed by atoms with Gasteiger partial charge in [0.05, 0.1) is 0 Å². The van der Waals surface area contributed by atoms with Crippen molar-refractivity contribution in [3.05, 3.63) is 18.0 Å². The van der Waals surface area contributed by atoms with Crippen molar-refractivity contribution in [2.75, 3.05) is 44.2 Å². The number of piperidine rings is 1. The van der Waals surface area contributed by atoms with Gasteiger partial charge in [-0.2, -0.15) is 0 Å². The number of hydrogen-bond acceptors (Lipinski definition) is 6. The van der Waals surface area contributed by atoms with E-state index in [1.54, 1.807) is 0 Å². The molecular formula is C28H45N5O. The molecule has 0 aromatic carbocycles. The van der Waals surface area contributed by atoms with E-state index in [1.165, 1.54) is 63.7 Å².